The molecular weight excluding hydrogens is 258 g/mol. The SMILES string of the molecule is COC(=O)C[C@@H]1CCCCC[C@H]1NC(=O)OC(C)(C)C. The van der Waals surface area contributed by atoms with Gasteiger partial charge in [-0.05, 0) is 39.5 Å². The Kier molecular flexibility index (Phi) is 6.30. The summed E-state index contributed by atoms with van der Waals surface area (Å²) >= 11 is 0. The van der Waals surface area contributed by atoms with E-state index in [1.165, 1.54) is 7.11 Å². The van der Waals surface area contributed by atoms with Crippen molar-refractivity contribution in [1.82, 2.24) is 5.32 Å². The predicted molar refractivity (Wildman–Crippen MR) is 76.4 cm³/mol. The van der Waals surface area contributed by atoms with E-state index in [1.807, 2.05) is 20.8 Å². The van der Waals surface area contributed by atoms with Gasteiger partial charge in [0.05, 0.1) is 13.5 Å². The average molecular weight is 285 g/mol. The maximum absolute atomic E-state index is 11.9. The molecule has 20 heavy (non-hydrogen) atoms. The van der Waals surface area contributed by atoms with Gasteiger partial charge in [-0.1, -0.05) is 19.3 Å². The van der Waals surface area contributed by atoms with Crippen LogP contribution in [0.3, 0.4) is 0 Å². The summed E-state index contributed by atoms with van der Waals surface area (Å²) in [5, 5.41) is 2.93. The molecule has 1 rings (SSSR count). The fourth-order valence-electron chi connectivity index (χ4n) is 2.58. The van der Waals surface area contributed by atoms with Crippen LogP contribution in [0.5, 0.6) is 0 Å². The molecule has 0 unspecified atom stereocenters. The third-order valence-corrected chi connectivity index (χ3v) is 3.52. The lowest BCUT2D eigenvalue weighted by atomic mass is 9.91. The largest absolute Gasteiger partial charge is 0.469 e. The number of rotatable bonds is 3. The molecule has 5 heteroatoms. The van der Waals surface area contributed by atoms with Crippen molar-refractivity contribution in [3.63, 3.8) is 0 Å². The van der Waals surface area contributed by atoms with Crippen molar-refractivity contribution in [2.45, 2.75) is 70.9 Å². The van der Waals surface area contributed by atoms with Crippen molar-refractivity contribution < 1.29 is 19.1 Å². The van der Waals surface area contributed by atoms with E-state index in [9.17, 15) is 9.59 Å². The van der Waals surface area contributed by atoms with E-state index >= 15 is 0 Å². The number of carbonyl (C=O) groups excluding carboxylic acids is 2. The number of amides is 1. The monoisotopic (exact) mass is 285 g/mol. The lowest BCUT2D eigenvalue weighted by Crippen LogP contribution is -2.43. The zero-order valence-electron chi connectivity index (χ0n) is 13.0. The number of carbonyl (C=O) groups is 2. The van der Waals surface area contributed by atoms with Crippen LogP contribution in [0.15, 0.2) is 0 Å². The van der Waals surface area contributed by atoms with Gasteiger partial charge in [-0.25, -0.2) is 4.79 Å². The maximum Gasteiger partial charge on any atom is 0.407 e. The molecule has 1 aliphatic carbocycles. The normalized spacial score (nSPS) is 23.6. The minimum Gasteiger partial charge on any atom is -0.469 e. The second-order valence-corrected chi connectivity index (χ2v) is 6.43. The molecule has 1 amide bonds. The molecule has 0 aliphatic heterocycles. The fraction of sp³-hybridized carbons (Fsp3) is 0.867. The highest BCUT2D eigenvalue weighted by Gasteiger charge is 2.29. The molecule has 1 fully saturated rings. The second-order valence-electron chi connectivity index (χ2n) is 6.43. The van der Waals surface area contributed by atoms with E-state index in [0.29, 0.717) is 6.42 Å². The summed E-state index contributed by atoms with van der Waals surface area (Å²) in [6.07, 6.45) is 5.09. The number of hydrogen-bond acceptors (Lipinski definition) is 4. The molecule has 5 nitrogen and oxygen atoms in total. The first kappa shape index (κ1) is 16.8. The number of methoxy groups -OCH3 is 1. The quantitative estimate of drug-likeness (QED) is 0.639. The fourth-order valence-corrected chi connectivity index (χ4v) is 2.58. The van der Waals surface area contributed by atoms with Gasteiger partial charge in [0.1, 0.15) is 5.60 Å². The number of hydrogen-bond donors (Lipinski definition) is 1. The Morgan fingerprint density at radius 2 is 1.80 bits per heavy atom. The van der Waals surface area contributed by atoms with Crippen LogP contribution in [-0.4, -0.2) is 30.8 Å². The zero-order valence-corrected chi connectivity index (χ0v) is 13.0. The second kappa shape index (κ2) is 7.50. The topological polar surface area (TPSA) is 64.6 Å². The van der Waals surface area contributed by atoms with Gasteiger partial charge in [-0.3, -0.25) is 4.79 Å². The zero-order chi connectivity index (χ0) is 15.2. The lowest BCUT2D eigenvalue weighted by molar-refractivity contribution is -0.142. The van der Waals surface area contributed by atoms with Crippen LogP contribution in [0.25, 0.3) is 0 Å². The minimum atomic E-state index is -0.507. The Morgan fingerprint density at radius 3 is 2.40 bits per heavy atom. The standard InChI is InChI=1S/C15H27NO4/c1-15(2,3)20-14(18)16-12-9-7-5-6-8-11(12)10-13(17)19-4/h11-12H,5-10H2,1-4H3,(H,16,18)/t11-,12+/m0/s1. The summed E-state index contributed by atoms with van der Waals surface area (Å²) < 4.78 is 10.0. The molecule has 1 N–H and O–H groups in total. The number of esters is 1. The van der Waals surface area contributed by atoms with Crippen molar-refractivity contribution in [1.29, 1.82) is 0 Å². The molecule has 0 bridgehead atoms. The number of alkyl carbamates (subject to hydrolysis) is 1. The molecule has 0 radical (unpaired) electrons. The molecule has 1 saturated carbocycles. The molecule has 0 aromatic heterocycles. The van der Waals surface area contributed by atoms with E-state index < -0.39 is 11.7 Å². The van der Waals surface area contributed by atoms with Crippen LogP contribution < -0.4 is 5.32 Å². The van der Waals surface area contributed by atoms with E-state index in [2.05, 4.69) is 5.32 Å². The van der Waals surface area contributed by atoms with E-state index in [4.69, 9.17) is 9.47 Å². The third-order valence-electron chi connectivity index (χ3n) is 3.52. The first-order chi connectivity index (χ1) is 9.31. The van der Waals surface area contributed by atoms with Gasteiger partial charge >= 0.3 is 12.1 Å². The molecular formula is C15H27NO4. The molecule has 116 valence electrons. The first-order valence-electron chi connectivity index (χ1n) is 7.38. The molecule has 2 atom stereocenters. The Bertz CT molecular complexity index is 335. The Hall–Kier alpha value is -1.26. The number of nitrogens with one attached hydrogen (secondary N) is 1. The highest BCUT2D eigenvalue weighted by molar-refractivity contribution is 5.70. The molecule has 1 aliphatic rings. The third kappa shape index (κ3) is 6.26. The van der Waals surface area contributed by atoms with Gasteiger partial charge in [0.25, 0.3) is 0 Å². The Balaban J connectivity index is 2.61. The van der Waals surface area contributed by atoms with Gasteiger partial charge in [0.2, 0.25) is 0 Å². The maximum atomic E-state index is 11.9. The summed E-state index contributed by atoms with van der Waals surface area (Å²) in [6.45, 7) is 5.52. The summed E-state index contributed by atoms with van der Waals surface area (Å²) in [7, 11) is 1.40. The summed E-state index contributed by atoms with van der Waals surface area (Å²) in [5.41, 5.74) is -0.507. The van der Waals surface area contributed by atoms with E-state index in [1.54, 1.807) is 0 Å². The highest BCUT2D eigenvalue weighted by atomic mass is 16.6. The van der Waals surface area contributed by atoms with Gasteiger partial charge in [0, 0.05) is 6.04 Å². The Morgan fingerprint density at radius 1 is 1.15 bits per heavy atom. The van der Waals surface area contributed by atoms with Crippen molar-refractivity contribution in [2.75, 3.05) is 7.11 Å². The first-order valence-corrected chi connectivity index (χ1v) is 7.38. The van der Waals surface area contributed by atoms with Gasteiger partial charge in [-0.2, -0.15) is 0 Å². The van der Waals surface area contributed by atoms with Gasteiger partial charge in [0.15, 0.2) is 0 Å². The molecule has 0 spiro atoms. The average Bonchev–Trinajstić information content (AvgIpc) is 2.53. The van der Waals surface area contributed by atoms with Crippen molar-refractivity contribution >= 4 is 12.1 Å². The van der Waals surface area contributed by atoms with Crippen molar-refractivity contribution in [2.24, 2.45) is 5.92 Å². The molecule has 0 aromatic carbocycles. The highest BCUT2D eigenvalue weighted by Crippen LogP contribution is 2.26. The number of ether oxygens (including phenoxy) is 2. The van der Waals surface area contributed by atoms with Crippen LogP contribution in [0, 0.1) is 5.92 Å². The smallest absolute Gasteiger partial charge is 0.407 e. The summed E-state index contributed by atoms with van der Waals surface area (Å²) in [5.74, 6) is -0.0784. The van der Waals surface area contributed by atoms with Crippen LogP contribution in [0.2, 0.25) is 0 Å². The van der Waals surface area contributed by atoms with E-state index in [-0.39, 0.29) is 17.9 Å². The minimum absolute atomic E-state index is 0.00792. The molecule has 0 aromatic rings. The predicted octanol–water partition coefficient (Wildman–Crippen LogP) is 3.02. The van der Waals surface area contributed by atoms with Crippen LogP contribution >= 0.6 is 0 Å². The van der Waals surface area contributed by atoms with Gasteiger partial charge < -0.3 is 14.8 Å². The van der Waals surface area contributed by atoms with E-state index in [0.717, 1.165) is 32.1 Å². The van der Waals surface area contributed by atoms with Crippen molar-refractivity contribution in [3.8, 4) is 0 Å². The van der Waals surface area contributed by atoms with Crippen LogP contribution in [0.1, 0.15) is 59.3 Å². The lowest BCUT2D eigenvalue weighted by Gasteiger charge is -2.27. The van der Waals surface area contributed by atoms with Gasteiger partial charge in [-0.15, -0.1) is 0 Å². The summed E-state index contributed by atoms with van der Waals surface area (Å²) in [4.78, 5) is 23.4. The molecule has 0 heterocycles. The van der Waals surface area contributed by atoms with Crippen LogP contribution in [-0.2, 0) is 14.3 Å². The Labute approximate surface area is 121 Å². The molecule has 0 saturated heterocycles. The van der Waals surface area contributed by atoms with Crippen molar-refractivity contribution in [3.05, 3.63) is 0 Å². The van der Waals surface area contributed by atoms with Crippen LogP contribution in [0.4, 0.5) is 4.79 Å². The summed E-state index contributed by atoms with van der Waals surface area (Å²) in [6, 6.07) is -0.00792.